The zero-order chi connectivity index (χ0) is 20.8. The Morgan fingerprint density at radius 2 is 1.67 bits per heavy atom. The first-order valence-corrected chi connectivity index (χ1v) is 11.0. The van der Waals surface area contributed by atoms with Crippen LogP contribution in [0, 0.1) is 0 Å². The molecule has 0 fully saturated rings. The molecule has 0 aliphatic carbocycles. The van der Waals surface area contributed by atoms with Gasteiger partial charge in [0.2, 0.25) is 0 Å². The van der Waals surface area contributed by atoms with Crippen LogP contribution < -0.4 is 5.32 Å². The van der Waals surface area contributed by atoms with E-state index in [1.807, 2.05) is 36.4 Å². The van der Waals surface area contributed by atoms with E-state index < -0.39 is 0 Å². The number of aryl methyl sites for hydroxylation is 1. The molecule has 4 heteroatoms. The summed E-state index contributed by atoms with van der Waals surface area (Å²) in [7, 11) is 0. The van der Waals surface area contributed by atoms with Crippen LogP contribution in [0.2, 0.25) is 5.02 Å². The second-order valence-corrected chi connectivity index (χ2v) is 8.28. The second-order valence-electron chi connectivity index (χ2n) is 7.88. The van der Waals surface area contributed by atoms with E-state index >= 15 is 0 Å². The summed E-state index contributed by atoms with van der Waals surface area (Å²) >= 11 is 6.18. The number of hydrogen-bond acceptors (Lipinski definition) is 2. The van der Waals surface area contributed by atoms with Gasteiger partial charge >= 0.3 is 0 Å². The molecule has 1 aliphatic heterocycles. The molecule has 4 rings (SSSR count). The van der Waals surface area contributed by atoms with E-state index in [1.54, 1.807) is 0 Å². The lowest BCUT2D eigenvalue weighted by Crippen LogP contribution is -2.30. The number of nitrogens with one attached hydrogen (secondary N) is 1. The Labute approximate surface area is 183 Å². The van der Waals surface area contributed by atoms with Crippen molar-refractivity contribution in [1.82, 2.24) is 10.2 Å². The summed E-state index contributed by atoms with van der Waals surface area (Å²) in [6.45, 7) is 3.61. The fourth-order valence-corrected chi connectivity index (χ4v) is 4.22. The number of hydrogen-bond donors (Lipinski definition) is 1. The van der Waals surface area contributed by atoms with E-state index in [0.717, 1.165) is 49.5 Å². The first-order valence-electron chi connectivity index (χ1n) is 10.6. The van der Waals surface area contributed by atoms with Crippen LogP contribution in [0.1, 0.15) is 39.0 Å². The number of fused-ring (bicyclic) bond motifs is 1. The highest BCUT2D eigenvalue weighted by molar-refractivity contribution is 6.31. The Morgan fingerprint density at radius 1 is 0.933 bits per heavy atom. The maximum atomic E-state index is 12.4. The van der Waals surface area contributed by atoms with Crippen molar-refractivity contribution in [2.75, 3.05) is 13.1 Å². The van der Waals surface area contributed by atoms with Gasteiger partial charge in [0, 0.05) is 36.8 Å². The van der Waals surface area contributed by atoms with Gasteiger partial charge in [-0.05, 0) is 59.7 Å². The van der Waals surface area contributed by atoms with Crippen molar-refractivity contribution in [3.05, 3.63) is 106 Å². The molecule has 3 nitrogen and oxygen atoms in total. The van der Waals surface area contributed by atoms with Gasteiger partial charge in [0.05, 0.1) is 0 Å². The zero-order valence-corrected chi connectivity index (χ0v) is 17.9. The molecule has 1 N–H and O–H groups in total. The van der Waals surface area contributed by atoms with Crippen LogP contribution in [0.3, 0.4) is 0 Å². The largest absolute Gasteiger partial charge is 0.352 e. The molecular formula is C26H27ClN2O. The van der Waals surface area contributed by atoms with E-state index in [4.69, 9.17) is 11.6 Å². The topological polar surface area (TPSA) is 32.3 Å². The van der Waals surface area contributed by atoms with E-state index in [-0.39, 0.29) is 5.91 Å². The van der Waals surface area contributed by atoms with Crippen molar-refractivity contribution in [2.45, 2.75) is 32.4 Å². The lowest BCUT2D eigenvalue weighted by Gasteiger charge is -2.28. The number of amides is 1. The van der Waals surface area contributed by atoms with E-state index in [9.17, 15) is 4.79 Å². The maximum Gasteiger partial charge on any atom is 0.251 e. The molecule has 0 unspecified atom stereocenters. The average Bonchev–Trinajstić information content (AvgIpc) is 2.78. The molecular weight excluding hydrogens is 392 g/mol. The quantitative estimate of drug-likeness (QED) is 0.531. The summed E-state index contributed by atoms with van der Waals surface area (Å²) in [5.41, 5.74) is 5.97. The van der Waals surface area contributed by atoms with Gasteiger partial charge in [-0.2, -0.15) is 0 Å². The molecule has 0 radical (unpaired) electrons. The molecule has 30 heavy (non-hydrogen) atoms. The van der Waals surface area contributed by atoms with Gasteiger partial charge in [-0.1, -0.05) is 66.2 Å². The van der Waals surface area contributed by atoms with Gasteiger partial charge in [0.15, 0.2) is 0 Å². The molecule has 154 valence electrons. The minimum Gasteiger partial charge on any atom is -0.352 e. The summed E-state index contributed by atoms with van der Waals surface area (Å²) in [6, 6.07) is 24.5. The van der Waals surface area contributed by atoms with Crippen molar-refractivity contribution < 1.29 is 4.79 Å². The fourth-order valence-electron chi connectivity index (χ4n) is 3.99. The smallest absolute Gasteiger partial charge is 0.251 e. The van der Waals surface area contributed by atoms with E-state index in [0.29, 0.717) is 12.1 Å². The summed E-state index contributed by atoms with van der Waals surface area (Å²) < 4.78 is 0. The van der Waals surface area contributed by atoms with Gasteiger partial charge in [0.25, 0.3) is 5.91 Å². The van der Waals surface area contributed by atoms with Crippen LogP contribution >= 0.6 is 11.6 Å². The molecule has 3 aromatic rings. The van der Waals surface area contributed by atoms with Crippen LogP contribution in [0.25, 0.3) is 0 Å². The standard InChI is InChI=1S/C26H27ClN2O/c27-25-10-4-3-7-22(25)9-5-16-28-26(30)23-13-11-20(12-14-23)18-29-17-15-21-6-1-2-8-24(21)19-29/h1-4,6-8,10-14H,5,9,15-19H2,(H,28,30). The first-order chi connectivity index (χ1) is 14.7. The number of carbonyl (C=O) groups excluding carboxylic acids is 1. The van der Waals surface area contributed by atoms with Crippen LogP contribution in [0.15, 0.2) is 72.8 Å². The number of nitrogens with zero attached hydrogens (tertiary/aromatic N) is 1. The zero-order valence-electron chi connectivity index (χ0n) is 17.1. The Morgan fingerprint density at radius 3 is 2.47 bits per heavy atom. The van der Waals surface area contributed by atoms with Gasteiger partial charge < -0.3 is 5.32 Å². The minimum atomic E-state index is -0.0207. The molecule has 0 bridgehead atoms. The third-order valence-electron chi connectivity index (χ3n) is 5.70. The summed E-state index contributed by atoms with van der Waals surface area (Å²) in [6.07, 6.45) is 2.83. The number of rotatable bonds is 7. The van der Waals surface area contributed by atoms with Crippen LogP contribution in [-0.2, 0) is 25.9 Å². The molecule has 0 aromatic heterocycles. The van der Waals surface area contributed by atoms with Crippen molar-refractivity contribution in [2.24, 2.45) is 0 Å². The molecule has 1 aliphatic rings. The number of carbonyl (C=O) groups is 1. The highest BCUT2D eigenvalue weighted by Gasteiger charge is 2.16. The fraction of sp³-hybridized carbons (Fsp3) is 0.269. The normalized spacial score (nSPS) is 13.6. The Hall–Kier alpha value is -2.62. The lowest BCUT2D eigenvalue weighted by atomic mass is 9.99. The van der Waals surface area contributed by atoms with Gasteiger partial charge in [-0.15, -0.1) is 0 Å². The molecule has 1 amide bonds. The Balaban J connectivity index is 1.24. The van der Waals surface area contributed by atoms with Gasteiger partial charge in [-0.25, -0.2) is 0 Å². The molecule has 0 saturated heterocycles. The third-order valence-corrected chi connectivity index (χ3v) is 6.07. The maximum absolute atomic E-state index is 12.4. The van der Waals surface area contributed by atoms with Crippen molar-refractivity contribution in [3.63, 3.8) is 0 Å². The average molecular weight is 419 g/mol. The Kier molecular flexibility index (Phi) is 6.83. The SMILES string of the molecule is O=C(NCCCc1ccccc1Cl)c1ccc(CN2CCc3ccccc3C2)cc1. The van der Waals surface area contributed by atoms with Crippen LogP contribution in [0.4, 0.5) is 0 Å². The van der Waals surface area contributed by atoms with Crippen LogP contribution in [0.5, 0.6) is 0 Å². The summed E-state index contributed by atoms with van der Waals surface area (Å²) in [5, 5.41) is 3.80. The number of benzene rings is 3. The minimum absolute atomic E-state index is 0.0207. The number of halogens is 1. The predicted molar refractivity (Wildman–Crippen MR) is 123 cm³/mol. The lowest BCUT2D eigenvalue weighted by molar-refractivity contribution is 0.0953. The summed E-state index contributed by atoms with van der Waals surface area (Å²) in [5.74, 6) is -0.0207. The van der Waals surface area contributed by atoms with Gasteiger partial charge in [0.1, 0.15) is 0 Å². The van der Waals surface area contributed by atoms with Crippen LogP contribution in [-0.4, -0.2) is 23.9 Å². The molecule has 0 saturated carbocycles. The molecule has 1 heterocycles. The van der Waals surface area contributed by atoms with Crippen molar-refractivity contribution >= 4 is 17.5 Å². The highest BCUT2D eigenvalue weighted by Crippen LogP contribution is 2.20. The highest BCUT2D eigenvalue weighted by atomic mass is 35.5. The molecule has 0 atom stereocenters. The predicted octanol–water partition coefficient (Wildman–Crippen LogP) is 5.26. The van der Waals surface area contributed by atoms with E-state index in [1.165, 1.54) is 16.7 Å². The van der Waals surface area contributed by atoms with Crippen molar-refractivity contribution in [1.29, 1.82) is 0 Å². The second kappa shape index (κ2) is 9.92. The Bertz CT molecular complexity index is 1000. The molecule has 0 spiro atoms. The molecule has 3 aromatic carbocycles. The third kappa shape index (κ3) is 5.29. The van der Waals surface area contributed by atoms with Gasteiger partial charge in [-0.3, -0.25) is 9.69 Å². The van der Waals surface area contributed by atoms with E-state index in [2.05, 4.69) is 46.6 Å². The first kappa shape index (κ1) is 20.6. The van der Waals surface area contributed by atoms with Crippen molar-refractivity contribution in [3.8, 4) is 0 Å². The summed E-state index contributed by atoms with van der Waals surface area (Å²) in [4.78, 5) is 14.9. The monoisotopic (exact) mass is 418 g/mol.